The first-order valence-electron chi connectivity index (χ1n) is 10.2. The lowest BCUT2D eigenvalue weighted by Crippen LogP contribution is -2.27. The molecule has 0 aliphatic carbocycles. The molecule has 0 atom stereocenters. The highest BCUT2D eigenvalue weighted by atomic mass is 32.2. The molecule has 2 amide bonds. The fourth-order valence-corrected chi connectivity index (χ4v) is 4.78. The molecule has 33 heavy (non-hydrogen) atoms. The predicted molar refractivity (Wildman–Crippen MR) is 132 cm³/mol. The molecule has 168 valence electrons. The Hall–Kier alpha value is -3.43. The van der Waals surface area contributed by atoms with Gasteiger partial charge in [-0.05, 0) is 47.7 Å². The van der Waals surface area contributed by atoms with E-state index in [2.05, 4.69) is 20.6 Å². The van der Waals surface area contributed by atoms with Crippen LogP contribution in [0.4, 0.5) is 5.69 Å². The van der Waals surface area contributed by atoms with E-state index < -0.39 is 0 Å². The van der Waals surface area contributed by atoms with Crippen LogP contribution < -0.4 is 15.4 Å². The maximum atomic E-state index is 12.7. The minimum Gasteiger partial charge on any atom is -0.497 e. The van der Waals surface area contributed by atoms with Crippen molar-refractivity contribution in [1.82, 2.24) is 15.3 Å². The van der Waals surface area contributed by atoms with Crippen molar-refractivity contribution in [2.45, 2.75) is 11.4 Å². The van der Waals surface area contributed by atoms with Gasteiger partial charge in [0.05, 0.1) is 24.1 Å². The summed E-state index contributed by atoms with van der Waals surface area (Å²) in [6.45, 7) is 0.480. The molecular weight excluding hydrogens is 456 g/mol. The summed E-state index contributed by atoms with van der Waals surface area (Å²) in [6, 6.07) is 16.7. The summed E-state index contributed by atoms with van der Waals surface area (Å²) in [7, 11) is 1.63. The van der Waals surface area contributed by atoms with E-state index in [4.69, 9.17) is 4.74 Å². The van der Waals surface area contributed by atoms with Crippen LogP contribution in [0.1, 0.15) is 15.9 Å². The Morgan fingerprint density at radius 1 is 1.06 bits per heavy atom. The number of amides is 2. The number of aromatic nitrogens is 2. The van der Waals surface area contributed by atoms with E-state index in [0.29, 0.717) is 24.2 Å². The Labute approximate surface area is 199 Å². The molecule has 7 nitrogen and oxygen atoms in total. The lowest BCUT2D eigenvalue weighted by Gasteiger charge is -2.12. The van der Waals surface area contributed by atoms with Gasteiger partial charge in [0.1, 0.15) is 21.9 Å². The first kappa shape index (κ1) is 22.8. The van der Waals surface area contributed by atoms with Crippen LogP contribution in [-0.4, -0.2) is 41.2 Å². The van der Waals surface area contributed by atoms with Crippen molar-refractivity contribution in [1.29, 1.82) is 0 Å². The second kappa shape index (κ2) is 10.9. The molecule has 0 spiro atoms. The number of hydrogen-bond donors (Lipinski definition) is 2. The molecule has 2 N–H and O–H groups in total. The van der Waals surface area contributed by atoms with Gasteiger partial charge in [-0.2, -0.15) is 0 Å². The molecule has 0 saturated carbocycles. The molecule has 0 radical (unpaired) electrons. The van der Waals surface area contributed by atoms with Gasteiger partial charge in [0, 0.05) is 11.9 Å². The number of fused-ring (bicyclic) bond motifs is 1. The summed E-state index contributed by atoms with van der Waals surface area (Å²) >= 11 is 2.88. The van der Waals surface area contributed by atoms with Gasteiger partial charge < -0.3 is 15.4 Å². The van der Waals surface area contributed by atoms with Gasteiger partial charge in [0.25, 0.3) is 5.91 Å². The molecule has 0 unspecified atom stereocenters. The van der Waals surface area contributed by atoms with Gasteiger partial charge in [-0.15, -0.1) is 11.3 Å². The quantitative estimate of drug-likeness (QED) is 0.274. The molecular formula is C24H22N4O3S2. The highest BCUT2D eigenvalue weighted by Crippen LogP contribution is 2.27. The van der Waals surface area contributed by atoms with E-state index >= 15 is 0 Å². The molecule has 0 saturated heterocycles. The number of para-hydroxylation sites is 1. The summed E-state index contributed by atoms with van der Waals surface area (Å²) in [5.74, 6) is 0.531. The number of anilines is 1. The van der Waals surface area contributed by atoms with E-state index in [1.807, 2.05) is 35.7 Å². The van der Waals surface area contributed by atoms with Crippen LogP contribution in [0.5, 0.6) is 5.75 Å². The molecule has 4 rings (SSSR count). The fraction of sp³-hybridized carbons (Fsp3) is 0.167. The second-order valence-corrected chi connectivity index (χ2v) is 8.91. The standard InChI is InChI=1S/C24H22N4O3S2/c1-31-17-8-6-16(7-9-17)10-12-25-22(30)18-4-2-3-5-20(18)28-21(29)14-33-24-19-11-13-32-23(19)26-15-27-24/h2-9,11,13,15H,10,12,14H2,1H3,(H,25,30)(H,28,29). The number of methoxy groups -OCH3 is 1. The van der Waals surface area contributed by atoms with E-state index in [0.717, 1.165) is 26.6 Å². The van der Waals surface area contributed by atoms with Crippen LogP contribution >= 0.6 is 23.1 Å². The molecule has 0 bridgehead atoms. The summed E-state index contributed by atoms with van der Waals surface area (Å²) in [6.07, 6.45) is 2.20. The SMILES string of the molecule is COc1ccc(CCNC(=O)c2ccccc2NC(=O)CSc2ncnc3sccc23)cc1. The molecule has 0 aliphatic heterocycles. The lowest BCUT2D eigenvalue weighted by molar-refractivity contribution is -0.113. The number of hydrogen-bond acceptors (Lipinski definition) is 7. The van der Waals surface area contributed by atoms with Gasteiger partial charge in [0.2, 0.25) is 5.91 Å². The van der Waals surface area contributed by atoms with Gasteiger partial charge in [-0.3, -0.25) is 9.59 Å². The Bertz CT molecular complexity index is 1260. The van der Waals surface area contributed by atoms with E-state index in [1.54, 1.807) is 31.4 Å². The number of ether oxygens (including phenoxy) is 1. The smallest absolute Gasteiger partial charge is 0.253 e. The molecule has 9 heteroatoms. The first-order chi connectivity index (χ1) is 16.1. The van der Waals surface area contributed by atoms with Crippen LogP contribution in [0, 0.1) is 0 Å². The molecule has 2 heterocycles. The molecule has 0 aliphatic rings. The fourth-order valence-electron chi connectivity index (χ4n) is 3.20. The van der Waals surface area contributed by atoms with Crippen molar-refractivity contribution >= 4 is 50.8 Å². The number of carbonyl (C=O) groups excluding carboxylic acids is 2. The number of nitrogens with zero attached hydrogens (tertiary/aromatic N) is 2. The Morgan fingerprint density at radius 2 is 1.88 bits per heavy atom. The number of thiophene rings is 1. The van der Waals surface area contributed by atoms with Gasteiger partial charge in [-0.1, -0.05) is 36.0 Å². The van der Waals surface area contributed by atoms with Crippen molar-refractivity contribution in [3.8, 4) is 5.75 Å². The first-order valence-corrected chi connectivity index (χ1v) is 12.1. The van der Waals surface area contributed by atoms with Crippen LogP contribution in [-0.2, 0) is 11.2 Å². The average molecular weight is 479 g/mol. The van der Waals surface area contributed by atoms with Gasteiger partial charge >= 0.3 is 0 Å². The van der Waals surface area contributed by atoms with Gasteiger partial charge in [-0.25, -0.2) is 9.97 Å². The van der Waals surface area contributed by atoms with Crippen molar-refractivity contribution in [3.05, 3.63) is 77.4 Å². The number of thioether (sulfide) groups is 1. The predicted octanol–water partition coefficient (Wildman–Crippen LogP) is 4.40. The van der Waals surface area contributed by atoms with E-state index in [9.17, 15) is 9.59 Å². The third-order valence-corrected chi connectivity index (χ3v) is 6.70. The van der Waals surface area contributed by atoms with Crippen LogP contribution in [0.2, 0.25) is 0 Å². The van der Waals surface area contributed by atoms with Crippen molar-refractivity contribution in [2.75, 3.05) is 24.7 Å². The summed E-state index contributed by atoms with van der Waals surface area (Å²) < 4.78 is 5.16. The van der Waals surface area contributed by atoms with Crippen molar-refractivity contribution in [3.63, 3.8) is 0 Å². The third kappa shape index (κ3) is 5.88. The maximum Gasteiger partial charge on any atom is 0.253 e. The summed E-state index contributed by atoms with van der Waals surface area (Å²) in [5, 5.41) is 9.43. The summed E-state index contributed by atoms with van der Waals surface area (Å²) in [4.78, 5) is 34.7. The highest BCUT2D eigenvalue weighted by molar-refractivity contribution is 8.00. The minimum atomic E-state index is -0.233. The lowest BCUT2D eigenvalue weighted by atomic mass is 10.1. The zero-order valence-corrected chi connectivity index (χ0v) is 19.5. The number of rotatable bonds is 9. The third-order valence-electron chi connectivity index (χ3n) is 4.87. The van der Waals surface area contributed by atoms with E-state index in [-0.39, 0.29) is 17.6 Å². The van der Waals surface area contributed by atoms with E-state index in [1.165, 1.54) is 29.4 Å². The minimum absolute atomic E-state index is 0.176. The number of nitrogens with one attached hydrogen (secondary N) is 2. The zero-order valence-electron chi connectivity index (χ0n) is 17.9. The molecule has 2 aromatic heterocycles. The van der Waals surface area contributed by atoms with Crippen molar-refractivity contribution < 1.29 is 14.3 Å². The second-order valence-electron chi connectivity index (χ2n) is 7.05. The Balaban J connectivity index is 1.32. The maximum absolute atomic E-state index is 12.7. The van der Waals surface area contributed by atoms with Crippen LogP contribution in [0.25, 0.3) is 10.2 Å². The van der Waals surface area contributed by atoms with Crippen LogP contribution in [0.3, 0.4) is 0 Å². The van der Waals surface area contributed by atoms with Crippen LogP contribution in [0.15, 0.2) is 71.3 Å². The number of benzene rings is 2. The average Bonchev–Trinajstić information content (AvgIpc) is 3.33. The molecule has 2 aromatic carbocycles. The Morgan fingerprint density at radius 3 is 2.70 bits per heavy atom. The molecule has 0 fully saturated rings. The van der Waals surface area contributed by atoms with Crippen molar-refractivity contribution in [2.24, 2.45) is 0 Å². The molecule has 4 aromatic rings. The van der Waals surface area contributed by atoms with Gasteiger partial charge in [0.15, 0.2) is 0 Å². The summed E-state index contributed by atoms with van der Waals surface area (Å²) in [5.41, 5.74) is 2.00. The normalized spacial score (nSPS) is 10.7. The topological polar surface area (TPSA) is 93.2 Å². The zero-order chi connectivity index (χ0) is 23.0. The largest absolute Gasteiger partial charge is 0.497 e. The number of carbonyl (C=O) groups is 2. The Kier molecular flexibility index (Phi) is 7.54. The highest BCUT2D eigenvalue weighted by Gasteiger charge is 2.14. The monoisotopic (exact) mass is 478 g/mol.